The summed E-state index contributed by atoms with van der Waals surface area (Å²) in [5.41, 5.74) is 4.83. The Morgan fingerprint density at radius 3 is 2.44 bits per heavy atom. The maximum absolute atomic E-state index is 16.7. The molecule has 3 aliphatic carbocycles. The fraction of sp³-hybridized carbons (Fsp3) is 0.467. The molecule has 4 N–H and O–H groups in total. The number of nitro benzene ring substituents is 1. The molecule has 1 atom stereocenters. The van der Waals surface area contributed by atoms with Crippen LogP contribution in [0, 0.1) is 27.3 Å². The summed E-state index contributed by atoms with van der Waals surface area (Å²) in [5, 5.41) is 26.4. The van der Waals surface area contributed by atoms with Crippen molar-refractivity contribution in [3.05, 3.63) is 141 Å². The quantitative estimate of drug-likeness (QED) is 0.0498. The number of nitrogens with zero attached hydrogens (tertiary/aromatic N) is 5. The number of H-pyrrole nitrogens is 1. The van der Waals surface area contributed by atoms with Gasteiger partial charge in [0.05, 0.1) is 40.0 Å². The number of sulfonamides is 1. The van der Waals surface area contributed by atoms with Crippen LogP contribution in [0.5, 0.6) is 17.2 Å². The molecule has 6 aromatic rings. The van der Waals surface area contributed by atoms with Crippen LogP contribution in [0.4, 0.5) is 21.5 Å². The molecule has 0 bridgehead atoms. The highest BCUT2D eigenvalue weighted by Crippen LogP contribution is 2.54. The first kappa shape index (κ1) is 53.4. The lowest BCUT2D eigenvalue weighted by Gasteiger charge is -2.58. The third kappa shape index (κ3) is 11.3. The SMILES string of the molecule is COc1cc(CN2CCN(C3CC4(CCN(c5cc(Oc6cnc7[nH]ccc7c6)c(C(=O)NS(=O)(=O)c6ccc(NCC7CCC(C)(O)CC7)c([N+](=O)[O-])c6)cc5F)CC4)C3)[C@H](c3ccccc3C(C)C)C2)ccc1C1CC1. The van der Waals surface area contributed by atoms with E-state index < -0.39 is 42.9 Å². The number of methoxy groups -OCH3 is 1. The number of fused-ring (bicyclic) bond motifs is 1. The van der Waals surface area contributed by atoms with Crippen LogP contribution < -0.4 is 24.4 Å². The third-order valence-corrected chi connectivity index (χ3v) is 18.9. The van der Waals surface area contributed by atoms with Crippen LogP contribution in [0.1, 0.15) is 135 Å². The van der Waals surface area contributed by atoms with E-state index in [2.05, 4.69) is 81.4 Å². The molecule has 0 radical (unpaired) electrons. The van der Waals surface area contributed by atoms with Crippen LogP contribution in [0.25, 0.3) is 11.0 Å². The molecular formula is C60H71FN8O8S. The summed E-state index contributed by atoms with van der Waals surface area (Å²) in [7, 11) is -2.95. The average molecular weight is 1080 g/mol. The Hall–Kier alpha value is -6.60. The van der Waals surface area contributed by atoms with Gasteiger partial charge < -0.3 is 29.8 Å². The first-order chi connectivity index (χ1) is 37.4. The molecule has 1 spiro atoms. The van der Waals surface area contributed by atoms with Crippen LogP contribution in [0.2, 0.25) is 0 Å². The number of nitro groups is 1. The standard InChI is InChI=1S/C60H71FN8O8S/c1-38(2)46-7-5-6-8-48(46)54-37-66(36-40-9-13-47(41-10-11-41)55(27-40)76-4)25-26-68(54)43-32-60(33-43)20-23-67(24-21-60)52-31-56(77-44-28-42-17-22-62-57(42)64-35-44)49(30-50(52)61)58(70)65-78(74,75)45-12-14-51(53(29-45)69(72)73)63-34-39-15-18-59(3,71)19-16-39/h5-9,12-14,17,22,27-31,35,38-39,41,43,54,63,71H,10-11,15-16,18-21,23-26,32-34,36-37H2,1-4H3,(H,62,64)(H,65,70)/t39?,54-,59?/m0/s1. The Morgan fingerprint density at radius 2 is 1.71 bits per heavy atom. The highest BCUT2D eigenvalue weighted by atomic mass is 32.2. The summed E-state index contributed by atoms with van der Waals surface area (Å²) < 4.78 is 58.6. The second kappa shape index (κ2) is 21.6. The zero-order valence-electron chi connectivity index (χ0n) is 45.0. The number of carbonyl (C=O) groups excluding carboxylic acids is 1. The van der Waals surface area contributed by atoms with Gasteiger partial charge in [-0.1, -0.05) is 50.2 Å². The van der Waals surface area contributed by atoms with Crippen LogP contribution >= 0.6 is 0 Å². The molecule has 412 valence electrons. The number of amides is 1. The number of aromatic nitrogens is 2. The van der Waals surface area contributed by atoms with Crippen molar-refractivity contribution in [2.24, 2.45) is 11.3 Å². The first-order valence-electron chi connectivity index (χ1n) is 27.7. The Morgan fingerprint density at radius 1 is 0.936 bits per heavy atom. The van der Waals surface area contributed by atoms with E-state index >= 15 is 4.39 Å². The van der Waals surface area contributed by atoms with Gasteiger partial charge in [0, 0.05) is 81.6 Å². The Bertz CT molecular complexity index is 3320. The number of halogens is 1. The monoisotopic (exact) mass is 1080 g/mol. The molecule has 11 rings (SSSR count). The Kier molecular flexibility index (Phi) is 14.8. The molecule has 4 aromatic carbocycles. The van der Waals surface area contributed by atoms with Crippen molar-refractivity contribution in [2.45, 2.75) is 126 Å². The van der Waals surface area contributed by atoms with Crippen molar-refractivity contribution in [1.29, 1.82) is 0 Å². The smallest absolute Gasteiger partial charge is 0.293 e. The van der Waals surface area contributed by atoms with Gasteiger partial charge >= 0.3 is 0 Å². The predicted octanol–water partition coefficient (Wildman–Crippen LogP) is 11.2. The minimum absolute atomic E-state index is 0.0872. The number of ether oxygens (including phenoxy) is 2. The topological polar surface area (TPSA) is 195 Å². The predicted molar refractivity (Wildman–Crippen MR) is 299 cm³/mol. The Balaban J connectivity index is 0.788. The van der Waals surface area contributed by atoms with Gasteiger partial charge in [0.25, 0.3) is 21.6 Å². The number of aromatic amines is 1. The van der Waals surface area contributed by atoms with Crippen LogP contribution in [-0.2, 0) is 16.6 Å². The van der Waals surface area contributed by atoms with Gasteiger partial charge in [-0.25, -0.2) is 22.5 Å². The van der Waals surface area contributed by atoms with Gasteiger partial charge in [-0.2, -0.15) is 0 Å². The fourth-order valence-corrected chi connectivity index (χ4v) is 13.8. The van der Waals surface area contributed by atoms with E-state index in [-0.39, 0.29) is 45.8 Å². The molecule has 0 unspecified atom stereocenters. The molecule has 2 aliphatic heterocycles. The molecule has 5 fully saturated rings. The van der Waals surface area contributed by atoms with Crippen molar-refractivity contribution in [3.63, 3.8) is 0 Å². The number of hydrogen-bond acceptors (Lipinski definition) is 13. The molecule has 5 aliphatic rings. The van der Waals surface area contributed by atoms with Crippen molar-refractivity contribution in [2.75, 3.05) is 56.6 Å². The Labute approximate surface area is 455 Å². The third-order valence-electron chi connectivity index (χ3n) is 17.5. The van der Waals surface area contributed by atoms with E-state index in [0.717, 1.165) is 88.0 Å². The molecule has 78 heavy (non-hydrogen) atoms. The zero-order chi connectivity index (χ0) is 54.5. The van der Waals surface area contributed by atoms with Crippen LogP contribution in [0.3, 0.4) is 0 Å². The van der Waals surface area contributed by atoms with Gasteiger partial charge in [0.2, 0.25) is 0 Å². The molecule has 16 nitrogen and oxygen atoms in total. The molecular weight excluding hydrogens is 1010 g/mol. The van der Waals surface area contributed by atoms with Crippen LogP contribution in [0.15, 0.2) is 102 Å². The largest absolute Gasteiger partial charge is 0.496 e. The number of piperidine rings is 1. The lowest BCUT2D eigenvalue weighted by Crippen LogP contribution is -2.60. The highest BCUT2D eigenvalue weighted by molar-refractivity contribution is 7.90. The second-order valence-electron chi connectivity index (χ2n) is 23.4. The number of piperazine rings is 1. The number of anilines is 2. The molecule has 1 amide bonds. The number of aliphatic hydroxyl groups is 1. The molecule has 4 heterocycles. The molecule has 18 heteroatoms. The fourth-order valence-electron chi connectivity index (χ4n) is 12.8. The number of nitrogens with one attached hydrogen (secondary N) is 3. The lowest BCUT2D eigenvalue weighted by molar-refractivity contribution is -0.384. The van der Waals surface area contributed by atoms with E-state index in [0.29, 0.717) is 56.0 Å². The van der Waals surface area contributed by atoms with E-state index in [4.69, 9.17) is 9.47 Å². The molecule has 2 saturated heterocycles. The van der Waals surface area contributed by atoms with E-state index in [9.17, 15) is 28.4 Å². The number of carbonyl (C=O) groups is 1. The number of pyridine rings is 1. The number of hydrogen-bond donors (Lipinski definition) is 4. The van der Waals surface area contributed by atoms with Gasteiger partial charge in [-0.15, -0.1) is 0 Å². The summed E-state index contributed by atoms with van der Waals surface area (Å²) in [6.45, 7) is 11.6. The van der Waals surface area contributed by atoms with Crippen molar-refractivity contribution in [1.82, 2.24) is 24.5 Å². The highest BCUT2D eigenvalue weighted by Gasteiger charge is 2.50. The summed E-state index contributed by atoms with van der Waals surface area (Å²) in [4.78, 5) is 40.0. The summed E-state index contributed by atoms with van der Waals surface area (Å²) >= 11 is 0. The molecule has 3 saturated carbocycles. The maximum Gasteiger partial charge on any atom is 0.293 e. The second-order valence-corrected chi connectivity index (χ2v) is 25.0. The van der Waals surface area contributed by atoms with Gasteiger partial charge in [0.1, 0.15) is 34.4 Å². The van der Waals surface area contributed by atoms with Gasteiger partial charge in [-0.05, 0) is 153 Å². The minimum atomic E-state index is -4.73. The van der Waals surface area contributed by atoms with Crippen LogP contribution in [-0.4, -0.2) is 102 Å². The lowest BCUT2D eigenvalue weighted by atomic mass is 9.59. The zero-order valence-corrected chi connectivity index (χ0v) is 45.8. The average Bonchev–Trinajstić information content (AvgIpc) is 4.28. The number of benzene rings is 4. The summed E-state index contributed by atoms with van der Waals surface area (Å²) in [6.07, 6.45) is 12.1. The van der Waals surface area contributed by atoms with Crippen molar-refractivity contribution in [3.8, 4) is 17.2 Å². The normalized spacial score (nSPS) is 22.1. The van der Waals surface area contributed by atoms with Gasteiger partial charge in [0.15, 0.2) is 0 Å². The van der Waals surface area contributed by atoms with E-state index in [1.165, 1.54) is 59.5 Å². The summed E-state index contributed by atoms with van der Waals surface area (Å²) in [6, 6.07) is 25.7. The first-order valence-corrected chi connectivity index (χ1v) is 29.2. The number of rotatable bonds is 17. The minimum Gasteiger partial charge on any atom is -0.496 e. The van der Waals surface area contributed by atoms with E-state index in [1.54, 1.807) is 32.4 Å². The summed E-state index contributed by atoms with van der Waals surface area (Å²) in [5.74, 6) is 0.423. The molecule has 2 aromatic heterocycles. The van der Waals surface area contributed by atoms with E-state index in [1.807, 2.05) is 9.62 Å². The maximum atomic E-state index is 16.7. The van der Waals surface area contributed by atoms with Gasteiger partial charge in [-0.3, -0.25) is 24.7 Å². The van der Waals surface area contributed by atoms with Crippen molar-refractivity contribution < 1.29 is 37.1 Å². The van der Waals surface area contributed by atoms with Crippen molar-refractivity contribution >= 4 is 44.0 Å².